The van der Waals surface area contributed by atoms with Gasteiger partial charge in [0.2, 0.25) is 0 Å². The molecular weight excluding hydrogens is 368 g/mol. The molecule has 4 rings (SSSR count). The van der Waals surface area contributed by atoms with Crippen LogP contribution in [0.3, 0.4) is 0 Å². The maximum atomic E-state index is 12.3. The first-order valence-corrected chi connectivity index (χ1v) is 9.70. The Kier molecular flexibility index (Phi) is 3.92. The third kappa shape index (κ3) is 2.92. The van der Waals surface area contributed by atoms with Crippen LogP contribution in [0.4, 0.5) is 21.0 Å². The molecule has 0 radical (unpaired) electrons. The van der Waals surface area contributed by atoms with Crippen molar-refractivity contribution in [2.75, 3.05) is 42.4 Å². The Hall–Kier alpha value is -2.53. The number of carbonyl (C=O) groups is 2. The van der Waals surface area contributed by atoms with Gasteiger partial charge in [0, 0.05) is 6.07 Å². The molecule has 2 saturated heterocycles. The molecule has 3 aliphatic heterocycles. The molecule has 0 aliphatic carbocycles. The molecule has 2 atom stereocenters. The van der Waals surface area contributed by atoms with Gasteiger partial charge < -0.3 is 14.2 Å². The maximum absolute atomic E-state index is 12.3. The molecule has 0 bridgehead atoms. The van der Waals surface area contributed by atoms with Gasteiger partial charge in [0.1, 0.15) is 31.6 Å². The van der Waals surface area contributed by atoms with E-state index in [0.29, 0.717) is 30.3 Å². The molecule has 1 aromatic carbocycles. The number of ether oxygens (including phenoxy) is 3. The van der Waals surface area contributed by atoms with E-state index >= 15 is 0 Å². The van der Waals surface area contributed by atoms with Crippen LogP contribution in [-0.4, -0.2) is 65.4 Å². The lowest BCUT2D eigenvalue weighted by atomic mass is 10.1. The quantitative estimate of drug-likeness (QED) is 0.698. The van der Waals surface area contributed by atoms with Crippen LogP contribution in [0.15, 0.2) is 18.2 Å². The fourth-order valence-corrected chi connectivity index (χ4v) is 3.53. The summed E-state index contributed by atoms with van der Waals surface area (Å²) in [5.41, 5.74) is 1.10. The molecule has 2 fully saturated rings. The second kappa shape index (κ2) is 6.02. The minimum atomic E-state index is -3.65. The third-order valence-corrected chi connectivity index (χ3v) is 4.91. The number of hydrogen-bond acceptors (Lipinski definition) is 8. The average molecular weight is 384 g/mol. The van der Waals surface area contributed by atoms with Crippen molar-refractivity contribution in [1.82, 2.24) is 0 Å². The molecular formula is C15H16N2O8S. The lowest BCUT2D eigenvalue weighted by Crippen LogP contribution is -2.45. The lowest BCUT2D eigenvalue weighted by molar-refractivity contribution is 0.0844. The first kappa shape index (κ1) is 16.9. The van der Waals surface area contributed by atoms with E-state index in [-0.39, 0.29) is 13.2 Å². The summed E-state index contributed by atoms with van der Waals surface area (Å²) in [7, 11) is -3.65. The van der Waals surface area contributed by atoms with E-state index < -0.39 is 34.5 Å². The molecule has 10 nitrogen and oxygen atoms in total. The second-order valence-corrected chi connectivity index (χ2v) is 7.72. The molecule has 3 aliphatic rings. The van der Waals surface area contributed by atoms with Gasteiger partial charge in [-0.3, -0.25) is 14.0 Å². The second-order valence-electron chi connectivity index (χ2n) is 6.08. The number of cyclic esters (lactones) is 2. The molecule has 0 aromatic heterocycles. The predicted octanol–water partition coefficient (Wildman–Crippen LogP) is 0.706. The minimum Gasteiger partial charge on any atom is -0.489 e. The third-order valence-electron chi connectivity index (χ3n) is 4.34. The molecule has 140 valence electrons. The summed E-state index contributed by atoms with van der Waals surface area (Å²) in [4.78, 5) is 26.8. The summed E-state index contributed by atoms with van der Waals surface area (Å²) in [6.07, 6.45) is -0.871. The molecule has 11 heteroatoms. The zero-order valence-electron chi connectivity index (χ0n) is 13.8. The van der Waals surface area contributed by atoms with Gasteiger partial charge in [-0.05, 0) is 12.1 Å². The van der Waals surface area contributed by atoms with E-state index in [0.717, 1.165) is 6.26 Å². The van der Waals surface area contributed by atoms with E-state index in [1.54, 1.807) is 18.2 Å². The van der Waals surface area contributed by atoms with E-state index in [2.05, 4.69) is 0 Å². The fourth-order valence-electron chi connectivity index (χ4n) is 3.15. The standard InChI is InChI=1S/C15H16N2O8S/c1-26(20,21)24-8-13-11-7-23-12-6-9(16-4-5-22-14(16)18)2-3-10(12)17(11)15(19)25-13/h2-3,6,11,13H,4-5,7-8H2,1H3. The topological polar surface area (TPSA) is 112 Å². The monoisotopic (exact) mass is 384 g/mol. The first-order chi connectivity index (χ1) is 12.3. The summed E-state index contributed by atoms with van der Waals surface area (Å²) in [5, 5.41) is 0. The van der Waals surface area contributed by atoms with Gasteiger partial charge in [-0.1, -0.05) is 0 Å². The van der Waals surface area contributed by atoms with Gasteiger partial charge in [-0.2, -0.15) is 8.42 Å². The van der Waals surface area contributed by atoms with Crippen molar-refractivity contribution in [3.8, 4) is 5.75 Å². The Morgan fingerprint density at radius 2 is 2.04 bits per heavy atom. The van der Waals surface area contributed by atoms with E-state index in [9.17, 15) is 18.0 Å². The summed E-state index contributed by atoms with van der Waals surface area (Å²) in [5.74, 6) is 0.431. The van der Waals surface area contributed by atoms with E-state index in [1.807, 2.05) is 0 Å². The van der Waals surface area contributed by atoms with Crippen molar-refractivity contribution in [3.63, 3.8) is 0 Å². The fraction of sp³-hybridized carbons (Fsp3) is 0.467. The molecule has 0 saturated carbocycles. The highest BCUT2D eigenvalue weighted by atomic mass is 32.2. The zero-order chi connectivity index (χ0) is 18.5. The van der Waals surface area contributed by atoms with Crippen molar-refractivity contribution in [1.29, 1.82) is 0 Å². The Balaban J connectivity index is 1.57. The van der Waals surface area contributed by atoms with Crippen LogP contribution in [0.1, 0.15) is 0 Å². The SMILES string of the molecule is CS(=O)(=O)OCC1OC(=O)N2c3ccc(N4CCOC4=O)cc3OCC12. The van der Waals surface area contributed by atoms with Crippen LogP contribution in [0.25, 0.3) is 0 Å². The number of anilines is 2. The van der Waals surface area contributed by atoms with Gasteiger partial charge in [-0.15, -0.1) is 0 Å². The summed E-state index contributed by atoms with van der Waals surface area (Å²) < 4.78 is 43.0. The molecule has 26 heavy (non-hydrogen) atoms. The normalized spacial score (nSPS) is 24.7. The van der Waals surface area contributed by atoms with Gasteiger partial charge in [0.25, 0.3) is 10.1 Å². The average Bonchev–Trinajstić information content (AvgIpc) is 3.15. The van der Waals surface area contributed by atoms with Crippen LogP contribution in [0.2, 0.25) is 0 Å². The molecule has 2 unspecified atom stereocenters. The Morgan fingerprint density at radius 3 is 2.73 bits per heavy atom. The number of nitrogens with zero attached hydrogens (tertiary/aromatic N) is 2. The van der Waals surface area contributed by atoms with Gasteiger partial charge in [0.05, 0.1) is 24.2 Å². The van der Waals surface area contributed by atoms with Gasteiger partial charge >= 0.3 is 12.2 Å². The minimum absolute atomic E-state index is 0.116. The largest absolute Gasteiger partial charge is 0.489 e. The van der Waals surface area contributed by atoms with Crippen LogP contribution < -0.4 is 14.5 Å². The number of hydrogen-bond donors (Lipinski definition) is 0. The smallest absolute Gasteiger partial charge is 0.415 e. The Bertz CT molecular complexity index is 870. The summed E-state index contributed by atoms with van der Waals surface area (Å²) >= 11 is 0. The first-order valence-electron chi connectivity index (χ1n) is 7.89. The number of benzene rings is 1. The van der Waals surface area contributed by atoms with Crippen molar-refractivity contribution in [2.45, 2.75) is 12.1 Å². The highest BCUT2D eigenvalue weighted by Crippen LogP contribution is 2.41. The molecule has 1 aromatic rings. The molecule has 0 spiro atoms. The Labute approximate surface area is 149 Å². The lowest BCUT2D eigenvalue weighted by Gasteiger charge is -2.31. The maximum Gasteiger partial charge on any atom is 0.415 e. The number of amides is 2. The van der Waals surface area contributed by atoms with Crippen LogP contribution >= 0.6 is 0 Å². The van der Waals surface area contributed by atoms with Crippen molar-refractivity contribution < 1.29 is 36.4 Å². The van der Waals surface area contributed by atoms with Crippen LogP contribution in [0.5, 0.6) is 5.75 Å². The molecule has 0 N–H and O–H groups in total. The summed E-state index contributed by atoms with van der Waals surface area (Å²) in [6.45, 7) is 0.600. The zero-order valence-corrected chi connectivity index (χ0v) is 14.6. The van der Waals surface area contributed by atoms with E-state index in [4.69, 9.17) is 18.4 Å². The highest BCUT2D eigenvalue weighted by Gasteiger charge is 2.47. The van der Waals surface area contributed by atoms with E-state index in [1.165, 1.54) is 9.80 Å². The van der Waals surface area contributed by atoms with Crippen molar-refractivity contribution >= 4 is 33.7 Å². The summed E-state index contributed by atoms with van der Waals surface area (Å²) in [6, 6.07) is 4.50. The number of fused-ring (bicyclic) bond motifs is 3. The van der Waals surface area contributed by atoms with Crippen LogP contribution in [-0.2, 0) is 23.8 Å². The predicted molar refractivity (Wildman–Crippen MR) is 88.0 cm³/mol. The number of carbonyl (C=O) groups excluding carboxylic acids is 2. The molecule has 2 amide bonds. The molecule has 3 heterocycles. The number of rotatable bonds is 4. The van der Waals surface area contributed by atoms with Crippen molar-refractivity contribution in [3.05, 3.63) is 18.2 Å². The highest BCUT2D eigenvalue weighted by molar-refractivity contribution is 7.85. The van der Waals surface area contributed by atoms with Gasteiger partial charge in [-0.25, -0.2) is 9.59 Å². The Morgan fingerprint density at radius 1 is 1.23 bits per heavy atom. The van der Waals surface area contributed by atoms with Crippen LogP contribution in [0, 0.1) is 0 Å². The van der Waals surface area contributed by atoms with Gasteiger partial charge in [0.15, 0.2) is 6.10 Å². The van der Waals surface area contributed by atoms with Crippen molar-refractivity contribution in [2.24, 2.45) is 0 Å².